The molecule has 0 aliphatic heterocycles. The Labute approximate surface area is 194 Å². The van der Waals surface area contributed by atoms with Crippen LogP contribution >= 0.6 is 23.1 Å². The zero-order chi connectivity index (χ0) is 23.7. The first-order valence-electron chi connectivity index (χ1n) is 9.87. The summed E-state index contributed by atoms with van der Waals surface area (Å²) in [6, 6.07) is 9.62. The van der Waals surface area contributed by atoms with Gasteiger partial charge in [-0.3, -0.25) is 14.2 Å². The number of fused-ring (bicyclic) bond motifs is 1. The molecule has 4 aromatic rings. The van der Waals surface area contributed by atoms with Crippen molar-refractivity contribution in [2.24, 2.45) is 0 Å². The number of carbonyl (C=O) groups excluding carboxylic acids is 1. The minimum Gasteiger partial charge on any atom is -0.322 e. The zero-order valence-electron chi connectivity index (χ0n) is 17.6. The third kappa shape index (κ3) is 4.46. The number of halogens is 2. The number of rotatable bonds is 6. The number of aryl methyl sites for hydroxylation is 1. The predicted molar refractivity (Wildman–Crippen MR) is 126 cm³/mol. The molecule has 4 rings (SSSR count). The van der Waals surface area contributed by atoms with E-state index in [1.54, 1.807) is 18.4 Å². The molecule has 0 aliphatic rings. The van der Waals surface area contributed by atoms with E-state index in [9.17, 15) is 23.2 Å². The lowest BCUT2D eigenvalue weighted by molar-refractivity contribution is -0.116. The van der Waals surface area contributed by atoms with Crippen LogP contribution in [0.15, 0.2) is 56.4 Å². The maximum atomic E-state index is 13.9. The van der Waals surface area contributed by atoms with Crippen LogP contribution < -0.4 is 16.6 Å². The first-order valence-corrected chi connectivity index (χ1v) is 11.9. The molecule has 1 N–H and O–H groups in total. The van der Waals surface area contributed by atoms with E-state index in [1.807, 2.05) is 19.1 Å². The summed E-state index contributed by atoms with van der Waals surface area (Å²) in [7, 11) is 0. The van der Waals surface area contributed by atoms with Crippen LogP contribution in [0.25, 0.3) is 16.0 Å². The topological polar surface area (TPSA) is 86.0 Å². The Bertz CT molecular complexity index is 1480. The molecule has 0 saturated heterocycles. The molecule has 2 aromatic carbocycles. The quantitative estimate of drug-likeness (QED) is 0.417. The van der Waals surface area contributed by atoms with E-state index in [0.717, 1.165) is 50.7 Å². The van der Waals surface area contributed by atoms with Gasteiger partial charge < -0.3 is 5.32 Å². The monoisotopic (exact) mass is 488 g/mol. The Hall–Kier alpha value is -3.31. The lowest BCUT2D eigenvalue weighted by Crippen LogP contribution is -2.40. The van der Waals surface area contributed by atoms with Gasteiger partial charge in [0.05, 0.1) is 11.4 Å². The van der Waals surface area contributed by atoms with E-state index in [1.165, 1.54) is 11.8 Å². The summed E-state index contributed by atoms with van der Waals surface area (Å²) in [5, 5.41) is 2.27. The number of aromatic nitrogens is 3. The minimum atomic E-state index is -0.818. The summed E-state index contributed by atoms with van der Waals surface area (Å²) in [6.07, 6.45) is 2.57. The molecule has 2 aromatic heterocycles. The third-order valence-electron chi connectivity index (χ3n) is 4.95. The summed E-state index contributed by atoms with van der Waals surface area (Å²) in [5.74, 6) is -2.31. The first kappa shape index (κ1) is 22.9. The van der Waals surface area contributed by atoms with Crippen LogP contribution in [-0.2, 0) is 17.8 Å². The number of hydrogen-bond acceptors (Lipinski definition) is 6. The van der Waals surface area contributed by atoms with Gasteiger partial charge in [0, 0.05) is 6.07 Å². The number of nitrogens with zero attached hydrogens (tertiary/aromatic N) is 3. The molecule has 0 saturated carbocycles. The normalized spacial score (nSPS) is 11.2. The molecular formula is C22H18F2N4O3S2. The van der Waals surface area contributed by atoms with Crippen molar-refractivity contribution < 1.29 is 13.6 Å². The van der Waals surface area contributed by atoms with Crippen molar-refractivity contribution >= 4 is 45.0 Å². The van der Waals surface area contributed by atoms with Gasteiger partial charge in [-0.1, -0.05) is 30.8 Å². The Balaban J connectivity index is 1.83. The van der Waals surface area contributed by atoms with Crippen molar-refractivity contribution in [2.75, 3.05) is 11.6 Å². The van der Waals surface area contributed by atoms with Crippen LogP contribution in [0.1, 0.15) is 12.5 Å². The van der Waals surface area contributed by atoms with Crippen LogP contribution in [0.2, 0.25) is 0 Å². The highest BCUT2D eigenvalue weighted by atomic mass is 32.2. The summed E-state index contributed by atoms with van der Waals surface area (Å²) < 4.78 is 30.2. The Kier molecular flexibility index (Phi) is 6.43. The Morgan fingerprint density at radius 2 is 1.88 bits per heavy atom. The molecule has 2 heterocycles. The number of anilines is 1. The van der Waals surface area contributed by atoms with Gasteiger partial charge in [-0.2, -0.15) is 0 Å². The Morgan fingerprint density at radius 1 is 1.15 bits per heavy atom. The zero-order valence-corrected chi connectivity index (χ0v) is 19.2. The summed E-state index contributed by atoms with van der Waals surface area (Å²) in [4.78, 5) is 43.5. The fraction of sp³-hybridized carbons (Fsp3) is 0.182. The molecule has 1 amide bonds. The maximum Gasteiger partial charge on any atom is 0.337 e. The smallest absolute Gasteiger partial charge is 0.322 e. The van der Waals surface area contributed by atoms with Crippen molar-refractivity contribution in [2.45, 2.75) is 24.2 Å². The maximum absolute atomic E-state index is 13.9. The number of thiazole rings is 1. The summed E-state index contributed by atoms with van der Waals surface area (Å²) in [5.41, 5.74) is -0.193. The summed E-state index contributed by atoms with van der Waals surface area (Å²) in [6.45, 7) is 1.44. The van der Waals surface area contributed by atoms with Gasteiger partial charge >= 0.3 is 5.69 Å². The second-order valence-electron chi connectivity index (χ2n) is 7.04. The van der Waals surface area contributed by atoms with E-state index in [-0.39, 0.29) is 16.0 Å². The highest BCUT2D eigenvalue weighted by Gasteiger charge is 2.21. The molecule has 0 unspecified atom stereocenters. The molecule has 0 spiro atoms. The average Bonchev–Trinajstić information content (AvgIpc) is 3.24. The SMILES string of the molecule is CCc1ccc(-n2c(=O)c3sc(SC)nc3n(CC(=O)Nc3cc(F)ccc3F)c2=O)cc1. The largest absolute Gasteiger partial charge is 0.337 e. The molecule has 0 aliphatic carbocycles. The van der Waals surface area contributed by atoms with Gasteiger partial charge in [0.1, 0.15) is 22.9 Å². The van der Waals surface area contributed by atoms with Crippen molar-refractivity contribution in [1.29, 1.82) is 0 Å². The van der Waals surface area contributed by atoms with E-state index in [2.05, 4.69) is 10.3 Å². The fourth-order valence-electron chi connectivity index (χ4n) is 3.28. The van der Waals surface area contributed by atoms with Crippen molar-refractivity contribution in [1.82, 2.24) is 14.1 Å². The molecule has 33 heavy (non-hydrogen) atoms. The highest BCUT2D eigenvalue weighted by Crippen LogP contribution is 2.25. The number of amides is 1. The van der Waals surface area contributed by atoms with Gasteiger partial charge in [-0.25, -0.2) is 23.1 Å². The van der Waals surface area contributed by atoms with Gasteiger partial charge in [-0.15, -0.1) is 11.3 Å². The molecular weight excluding hydrogens is 470 g/mol. The third-order valence-corrected chi connectivity index (χ3v) is 6.96. The molecule has 0 fully saturated rings. The van der Waals surface area contributed by atoms with Gasteiger partial charge in [0.15, 0.2) is 9.99 Å². The van der Waals surface area contributed by atoms with Crippen LogP contribution in [0.3, 0.4) is 0 Å². The lowest BCUT2D eigenvalue weighted by Gasteiger charge is -2.12. The van der Waals surface area contributed by atoms with Crippen LogP contribution in [0.4, 0.5) is 14.5 Å². The number of carbonyl (C=O) groups is 1. The predicted octanol–water partition coefficient (Wildman–Crippen LogP) is 3.81. The van der Waals surface area contributed by atoms with E-state index >= 15 is 0 Å². The molecule has 11 heteroatoms. The fourth-order valence-corrected chi connectivity index (χ4v) is 4.77. The second kappa shape index (κ2) is 9.28. The molecule has 0 bridgehead atoms. The second-order valence-corrected chi connectivity index (χ2v) is 9.09. The number of benzene rings is 2. The van der Waals surface area contributed by atoms with Crippen LogP contribution in [0, 0.1) is 11.6 Å². The number of nitrogens with one attached hydrogen (secondary N) is 1. The molecule has 7 nitrogen and oxygen atoms in total. The van der Waals surface area contributed by atoms with Gasteiger partial charge in [0.25, 0.3) is 5.56 Å². The first-order chi connectivity index (χ1) is 15.8. The van der Waals surface area contributed by atoms with E-state index in [0.29, 0.717) is 10.0 Å². The number of hydrogen-bond donors (Lipinski definition) is 1. The van der Waals surface area contributed by atoms with Gasteiger partial charge in [0.2, 0.25) is 5.91 Å². The Morgan fingerprint density at radius 3 is 2.55 bits per heavy atom. The van der Waals surface area contributed by atoms with Crippen LogP contribution in [-0.4, -0.2) is 26.3 Å². The summed E-state index contributed by atoms with van der Waals surface area (Å²) >= 11 is 2.42. The van der Waals surface area contributed by atoms with Crippen molar-refractivity contribution in [3.8, 4) is 5.69 Å². The van der Waals surface area contributed by atoms with Gasteiger partial charge in [-0.05, 0) is 42.5 Å². The number of thioether (sulfide) groups is 1. The standard InChI is InChI=1S/C22H18F2N4O3S2/c1-3-12-4-7-14(8-5-12)28-20(30)18-19(26-21(32-2)33-18)27(22(28)31)11-17(29)25-16-10-13(23)6-9-15(16)24/h4-10H,3,11H2,1-2H3,(H,25,29). The average molecular weight is 489 g/mol. The van der Waals surface area contributed by atoms with E-state index in [4.69, 9.17) is 0 Å². The van der Waals surface area contributed by atoms with E-state index < -0.39 is 35.3 Å². The van der Waals surface area contributed by atoms with Crippen LogP contribution in [0.5, 0.6) is 0 Å². The lowest BCUT2D eigenvalue weighted by atomic mass is 10.1. The molecule has 170 valence electrons. The molecule has 0 atom stereocenters. The minimum absolute atomic E-state index is 0.0654. The van der Waals surface area contributed by atoms with Crippen molar-refractivity contribution in [3.63, 3.8) is 0 Å². The van der Waals surface area contributed by atoms with Crippen molar-refractivity contribution in [3.05, 3.63) is 80.5 Å². The highest BCUT2D eigenvalue weighted by molar-refractivity contribution is 8.00. The molecule has 0 radical (unpaired) electrons.